The fraction of sp³-hybridized carbons (Fsp3) is 0.833. The number of rotatable bonds is 3. The van der Waals surface area contributed by atoms with Gasteiger partial charge in [0.15, 0.2) is 0 Å². The fourth-order valence-corrected chi connectivity index (χ4v) is 3.16. The Kier molecular flexibility index (Phi) is 3.92. The van der Waals surface area contributed by atoms with E-state index < -0.39 is 0 Å². The normalized spacial score (nSPS) is 30.6. The third kappa shape index (κ3) is 2.80. The number of hydrogen-bond acceptors (Lipinski definition) is 4. The van der Waals surface area contributed by atoms with E-state index in [2.05, 4.69) is 29.4 Å². The van der Waals surface area contributed by atoms with Crippen molar-refractivity contribution in [3.63, 3.8) is 0 Å². The van der Waals surface area contributed by atoms with Crippen LogP contribution in [0.1, 0.15) is 43.1 Å². The lowest BCUT2D eigenvalue weighted by Gasteiger charge is -2.34. The second-order valence-corrected chi connectivity index (χ2v) is 6.24. The van der Waals surface area contributed by atoms with E-state index in [1.807, 2.05) is 6.92 Å². The molecule has 0 radical (unpaired) electrons. The zero-order valence-electron chi connectivity index (χ0n) is 10.4. The van der Waals surface area contributed by atoms with E-state index in [4.69, 9.17) is 0 Å². The standard InChI is InChI=1S/C12H21N3S/c1-8-5-4-6-11(9(8)2)13-7-12-15-14-10(3)16-12/h8-9,11,13H,4-7H2,1-3H3. The van der Waals surface area contributed by atoms with Crippen molar-refractivity contribution in [2.45, 2.75) is 52.6 Å². The highest BCUT2D eigenvalue weighted by molar-refractivity contribution is 7.11. The van der Waals surface area contributed by atoms with Crippen LogP contribution in [0.15, 0.2) is 0 Å². The summed E-state index contributed by atoms with van der Waals surface area (Å²) in [7, 11) is 0. The van der Waals surface area contributed by atoms with Gasteiger partial charge in [-0.3, -0.25) is 0 Å². The second-order valence-electron chi connectivity index (χ2n) is 4.97. The molecule has 3 nitrogen and oxygen atoms in total. The molecule has 0 amide bonds. The summed E-state index contributed by atoms with van der Waals surface area (Å²) in [6.07, 6.45) is 4.05. The average molecular weight is 239 g/mol. The molecule has 3 atom stereocenters. The van der Waals surface area contributed by atoms with E-state index >= 15 is 0 Å². The Morgan fingerprint density at radius 2 is 2.12 bits per heavy atom. The Morgan fingerprint density at radius 3 is 2.81 bits per heavy atom. The zero-order valence-corrected chi connectivity index (χ0v) is 11.2. The summed E-state index contributed by atoms with van der Waals surface area (Å²) in [6.45, 7) is 7.63. The molecular weight excluding hydrogens is 218 g/mol. The van der Waals surface area contributed by atoms with Gasteiger partial charge in [-0.2, -0.15) is 0 Å². The third-order valence-electron chi connectivity index (χ3n) is 3.79. The van der Waals surface area contributed by atoms with Gasteiger partial charge in [-0.25, -0.2) is 0 Å². The first-order chi connectivity index (χ1) is 7.66. The number of nitrogens with one attached hydrogen (secondary N) is 1. The number of nitrogens with zero attached hydrogens (tertiary/aromatic N) is 2. The largest absolute Gasteiger partial charge is 0.307 e. The van der Waals surface area contributed by atoms with E-state index in [1.54, 1.807) is 11.3 Å². The molecule has 4 heteroatoms. The molecule has 1 N–H and O–H groups in total. The summed E-state index contributed by atoms with van der Waals surface area (Å²) in [4.78, 5) is 0. The third-order valence-corrected chi connectivity index (χ3v) is 4.63. The van der Waals surface area contributed by atoms with Crippen LogP contribution in [0.4, 0.5) is 0 Å². The van der Waals surface area contributed by atoms with Gasteiger partial charge in [0, 0.05) is 12.6 Å². The summed E-state index contributed by atoms with van der Waals surface area (Å²) < 4.78 is 0. The van der Waals surface area contributed by atoms with Gasteiger partial charge in [0.25, 0.3) is 0 Å². The van der Waals surface area contributed by atoms with Crippen LogP contribution in [-0.2, 0) is 6.54 Å². The molecule has 2 rings (SSSR count). The molecule has 1 fully saturated rings. The first-order valence-electron chi connectivity index (χ1n) is 6.19. The summed E-state index contributed by atoms with van der Waals surface area (Å²) in [6, 6.07) is 0.660. The molecule has 1 aromatic rings. The van der Waals surface area contributed by atoms with Crippen LogP contribution in [0.5, 0.6) is 0 Å². The molecule has 0 spiro atoms. The van der Waals surface area contributed by atoms with E-state index in [-0.39, 0.29) is 0 Å². The fourth-order valence-electron chi connectivity index (χ4n) is 2.50. The lowest BCUT2D eigenvalue weighted by Crippen LogP contribution is -2.40. The van der Waals surface area contributed by atoms with Crippen LogP contribution < -0.4 is 5.32 Å². The maximum atomic E-state index is 4.15. The monoisotopic (exact) mass is 239 g/mol. The zero-order chi connectivity index (χ0) is 11.5. The number of aryl methyl sites for hydroxylation is 1. The quantitative estimate of drug-likeness (QED) is 0.881. The van der Waals surface area contributed by atoms with Gasteiger partial charge in [-0.1, -0.05) is 26.7 Å². The van der Waals surface area contributed by atoms with Crippen molar-refractivity contribution >= 4 is 11.3 Å². The van der Waals surface area contributed by atoms with Gasteiger partial charge in [0.2, 0.25) is 0 Å². The first-order valence-corrected chi connectivity index (χ1v) is 7.01. The SMILES string of the molecule is Cc1nnc(CNC2CCCC(C)C2C)s1. The Bertz CT molecular complexity index is 337. The van der Waals surface area contributed by atoms with E-state index in [0.717, 1.165) is 28.4 Å². The molecule has 16 heavy (non-hydrogen) atoms. The molecule has 0 aliphatic heterocycles. The minimum atomic E-state index is 0.660. The molecule has 1 aromatic heterocycles. The highest BCUT2D eigenvalue weighted by atomic mass is 32.1. The lowest BCUT2D eigenvalue weighted by molar-refractivity contribution is 0.206. The lowest BCUT2D eigenvalue weighted by atomic mass is 9.78. The predicted octanol–water partition coefficient (Wildman–Crippen LogP) is 2.76. The van der Waals surface area contributed by atoms with Crippen molar-refractivity contribution in [3.8, 4) is 0 Å². The van der Waals surface area contributed by atoms with Gasteiger partial charge < -0.3 is 5.32 Å². The van der Waals surface area contributed by atoms with Crippen LogP contribution in [-0.4, -0.2) is 16.2 Å². The molecule has 1 heterocycles. The van der Waals surface area contributed by atoms with Crippen molar-refractivity contribution < 1.29 is 0 Å². The molecule has 3 unspecified atom stereocenters. The summed E-state index contributed by atoms with van der Waals surface area (Å²) in [5.74, 6) is 1.63. The molecule has 1 saturated carbocycles. The van der Waals surface area contributed by atoms with Crippen molar-refractivity contribution in [2.75, 3.05) is 0 Å². The Hall–Kier alpha value is -0.480. The molecule has 1 aliphatic rings. The van der Waals surface area contributed by atoms with Crippen molar-refractivity contribution in [1.29, 1.82) is 0 Å². The molecule has 1 aliphatic carbocycles. The van der Waals surface area contributed by atoms with E-state index in [1.165, 1.54) is 19.3 Å². The van der Waals surface area contributed by atoms with Gasteiger partial charge >= 0.3 is 0 Å². The minimum absolute atomic E-state index is 0.660. The highest BCUT2D eigenvalue weighted by Gasteiger charge is 2.26. The van der Waals surface area contributed by atoms with Gasteiger partial charge in [0.1, 0.15) is 10.0 Å². The van der Waals surface area contributed by atoms with Crippen LogP contribution >= 0.6 is 11.3 Å². The average Bonchev–Trinajstić information content (AvgIpc) is 2.67. The van der Waals surface area contributed by atoms with E-state index in [0.29, 0.717) is 6.04 Å². The molecular formula is C12H21N3S. The smallest absolute Gasteiger partial charge is 0.131 e. The molecule has 0 bridgehead atoms. The van der Waals surface area contributed by atoms with Crippen LogP contribution in [0.25, 0.3) is 0 Å². The molecule has 0 saturated heterocycles. The Balaban J connectivity index is 1.85. The van der Waals surface area contributed by atoms with Crippen LogP contribution in [0.2, 0.25) is 0 Å². The number of hydrogen-bond donors (Lipinski definition) is 1. The van der Waals surface area contributed by atoms with Crippen molar-refractivity contribution in [2.24, 2.45) is 11.8 Å². The van der Waals surface area contributed by atoms with Gasteiger partial charge in [0.05, 0.1) is 0 Å². The van der Waals surface area contributed by atoms with Crippen LogP contribution in [0, 0.1) is 18.8 Å². The maximum absolute atomic E-state index is 4.15. The van der Waals surface area contributed by atoms with Crippen molar-refractivity contribution in [3.05, 3.63) is 10.0 Å². The van der Waals surface area contributed by atoms with Crippen molar-refractivity contribution in [1.82, 2.24) is 15.5 Å². The second kappa shape index (κ2) is 5.23. The maximum Gasteiger partial charge on any atom is 0.131 e. The van der Waals surface area contributed by atoms with Crippen LogP contribution in [0.3, 0.4) is 0 Å². The minimum Gasteiger partial charge on any atom is -0.307 e. The topological polar surface area (TPSA) is 37.8 Å². The number of aromatic nitrogens is 2. The molecule has 0 aromatic carbocycles. The van der Waals surface area contributed by atoms with Gasteiger partial charge in [-0.05, 0) is 25.2 Å². The molecule has 90 valence electrons. The Morgan fingerprint density at radius 1 is 1.31 bits per heavy atom. The summed E-state index contributed by atoms with van der Waals surface area (Å²) in [5.41, 5.74) is 0. The summed E-state index contributed by atoms with van der Waals surface area (Å²) in [5, 5.41) is 14.0. The summed E-state index contributed by atoms with van der Waals surface area (Å²) >= 11 is 1.69. The highest BCUT2D eigenvalue weighted by Crippen LogP contribution is 2.29. The Labute approximate surface area is 102 Å². The first kappa shape index (κ1) is 12.0. The predicted molar refractivity (Wildman–Crippen MR) is 67.5 cm³/mol. The van der Waals surface area contributed by atoms with E-state index in [9.17, 15) is 0 Å². The van der Waals surface area contributed by atoms with Gasteiger partial charge in [-0.15, -0.1) is 21.5 Å².